The number of carbonyl (C=O) groups is 1. The summed E-state index contributed by atoms with van der Waals surface area (Å²) in [7, 11) is -2.25. The quantitative estimate of drug-likeness (QED) is 0.350. The van der Waals surface area contributed by atoms with Gasteiger partial charge in [-0.2, -0.15) is 17.9 Å². The van der Waals surface area contributed by atoms with Crippen LogP contribution < -0.4 is 19.5 Å². The molecule has 0 aliphatic heterocycles. The van der Waals surface area contributed by atoms with Crippen molar-refractivity contribution in [3.05, 3.63) is 101 Å². The Hall–Kier alpha value is -3.27. The third-order valence-electron chi connectivity index (χ3n) is 7.29. The van der Waals surface area contributed by atoms with Gasteiger partial charge < -0.3 is 10.1 Å². The van der Waals surface area contributed by atoms with Gasteiger partial charge in [0.15, 0.2) is 0 Å². The predicted octanol–water partition coefficient (Wildman–Crippen LogP) is 4.63. The van der Waals surface area contributed by atoms with E-state index >= 15 is 0 Å². The number of hydrogen-bond donors (Lipinski definition) is 3. The Morgan fingerprint density at radius 2 is 1.63 bits per heavy atom. The summed E-state index contributed by atoms with van der Waals surface area (Å²) in [5.41, 5.74) is 1.94. The number of nitrogens with one attached hydrogen (secondary N) is 3. The number of amides is 1. The molecule has 0 bridgehead atoms. The molecule has 0 saturated heterocycles. The molecule has 1 aliphatic carbocycles. The predicted molar refractivity (Wildman–Crippen MR) is 146 cm³/mol. The van der Waals surface area contributed by atoms with Crippen LogP contribution in [0, 0.1) is 5.82 Å². The van der Waals surface area contributed by atoms with Crippen molar-refractivity contribution in [1.82, 2.24) is 14.8 Å². The second kappa shape index (κ2) is 12.1. The molecule has 7 nitrogen and oxygen atoms in total. The molecule has 202 valence electrons. The van der Waals surface area contributed by atoms with Gasteiger partial charge >= 0.3 is 0 Å². The Labute approximate surface area is 224 Å². The SMILES string of the molecule is COc1ccccc1C(=O)NC[C@]1(c2ccccc2)CC[C@H](NS(=O)(=O)NC(C)c2ccc(F)cc2)CC1. The normalized spacial score (nSPS) is 20.4. The molecule has 0 radical (unpaired) electrons. The van der Waals surface area contributed by atoms with Crippen LogP contribution in [0.3, 0.4) is 0 Å². The number of halogens is 1. The standard InChI is InChI=1S/C29H34FN3O4S/c1-21(22-12-14-24(30)15-13-22)32-38(35,36)33-25-16-18-29(19-17-25,23-8-4-3-5-9-23)20-31-28(34)26-10-6-7-11-27(26)37-2/h3-15,21,25,32-33H,16-20H2,1-2H3,(H,31,34)/t21?,25-,29-. The van der Waals surface area contributed by atoms with E-state index < -0.39 is 16.3 Å². The van der Waals surface area contributed by atoms with Gasteiger partial charge in [-0.3, -0.25) is 4.79 Å². The molecule has 1 fully saturated rings. The molecule has 3 aromatic carbocycles. The fourth-order valence-electron chi connectivity index (χ4n) is 5.13. The minimum absolute atomic E-state index is 0.209. The van der Waals surface area contributed by atoms with E-state index in [-0.39, 0.29) is 23.2 Å². The maximum Gasteiger partial charge on any atom is 0.277 e. The fourth-order valence-corrected chi connectivity index (χ4v) is 6.47. The number of ether oxygens (including phenoxy) is 1. The molecule has 1 aliphatic rings. The maximum absolute atomic E-state index is 13.2. The molecule has 0 aromatic heterocycles. The lowest BCUT2D eigenvalue weighted by atomic mass is 9.68. The summed E-state index contributed by atoms with van der Waals surface area (Å²) in [6.07, 6.45) is 2.63. The molecule has 4 rings (SSSR count). The van der Waals surface area contributed by atoms with Crippen molar-refractivity contribution in [2.75, 3.05) is 13.7 Å². The van der Waals surface area contributed by atoms with Gasteiger partial charge in [-0.15, -0.1) is 0 Å². The Kier molecular flexibility index (Phi) is 8.81. The molecule has 1 unspecified atom stereocenters. The number of benzene rings is 3. The third kappa shape index (κ3) is 6.78. The second-order valence-electron chi connectivity index (χ2n) is 9.82. The lowest BCUT2D eigenvalue weighted by Gasteiger charge is -2.41. The third-order valence-corrected chi connectivity index (χ3v) is 8.60. The Bertz CT molecular complexity index is 1330. The van der Waals surface area contributed by atoms with E-state index in [1.807, 2.05) is 24.3 Å². The Morgan fingerprint density at radius 1 is 1.00 bits per heavy atom. The first kappa shape index (κ1) is 27.8. The molecule has 1 amide bonds. The van der Waals surface area contributed by atoms with E-state index in [1.54, 1.807) is 37.3 Å². The van der Waals surface area contributed by atoms with Crippen LogP contribution in [0.5, 0.6) is 5.75 Å². The van der Waals surface area contributed by atoms with E-state index in [9.17, 15) is 17.6 Å². The highest BCUT2D eigenvalue weighted by molar-refractivity contribution is 7.87. The molecule has 1 atom stereocenters. The van der Waals surface area contributed by atoms with Crippen LogP contribution in [0.15, 0.2) is 78.9 Å². The zero-order chi connectivity index (χ0) is 27.2. The number of hydrogen-bond acceptors (Lipinski definition) is 4. The van der Waals surface area contributed by atoms with Crippen molar-refractivity contribution in [2.24, 2.45) is 0 Å². The van der Waals surface area contributed by atoms with E-state index in [0.717, 1.165) is 5.56 Å². The summed E-state index contributed by atoms with van der Waals surface area (Å²) >= 11 is 0. The number of carbonyl (C=O) groups excluding carboxylic acids is 1. The van der Waals surface area contributed by atoms with Crippen molar-refractivity contribution in [3.8, 4) is 5.75 Å². The topological polar surface area (TPSA) is 96.5 Å². The van der Waals surface area contributed by atoms with Gasteiger partial charge in [0.25, 0.3) is 16.1 Å². The van der Waals surface area contributed by atoms with Gasteiger partial charge in [-0.25, -0.2) is 4.39 Å². The molecule has 9 heteroatoms. The molecule has 38 heavy (non-hydrogen) atoms. The molecular formula is C29H34FN3O4S. The highest BCUT2D eigenvalue weighted by Gasteiger charge is 2.38. The minimum Gasteiger partial charge on any atom is -0.496 e. The molecular weight excluding hydrogens is 505 g/mol. The van der Waals surface area contributed by atoms with Gasteiger partial charge in [0.05, 0.1) is 12.7 Å². The Morgan fingerprint density at radius 3 is 2.29 bits per heavy atom. The van der Waals surface area contributed by atoms with Crippen molar-refractivity contribution in [1.29, 1.82) is 0 Å². The van der Waals surface area contributed by atoms with Crippen molar-refractivity contribution < 1.29 is 22.3 Å². The summed E-state index contributed by atoms with van der Waals surface area (Å²) in [5.74, 6) is -0.0658. The summed E-state index contributed by atoms with van der Waals surface area (Å²) in [6.45, 7) is 2.14. The van der Waals surface area contributed by atoms with Crippen molar-refractivity contribution >= 4 is 16.1 Å². The van der Waals surface area contributed by atoms with E-state index in [1.165, 1.54) is 19.2 Å². The first-order valence-electron chi connectivity index (χ1n) is 12.7. The number of methoxy groups -OCH3 is 1. The van der Waals surface area contributed by atoms with Gasteiger partial charge in [0.1, 0.15) is 11.6 Å². The van der Waals surface area contributed by atoms with E-state index in [4.69, 9.17) is 4.74 Å². The zero-order valence-electron chi connectivity index (χ0n) is 21.6. The molecule has 3 N–H and O–H groups in total. The molecule has 0 heterocycles. The Balaban J connectivity index is 1.42. The maximum atomic E-state index is 13.2. The number of rotatable bonds is 10. The van der Waals surface area contributed by atoms with Gasteiger partial charge in [-0.1, -0.05) is 54.6 Å². The summed E-state index contributed by atoms with van der Waals surface area (Å²) in [4.78, 5) is 13.0. The van der Waals surface area contributed by atoms with Crippen LogP contribution in [0.25, 0.3) is 0 Å². The summed E-state index contributed by atoms with van der Waals surface area (Å²) in [6, 6.07) is 22.1. The molecule has 0 spiro atoms. The van der Waals surface area contributed by atoms with Crippen LogP contribution in [0.1, 0.15) is 60.1 Å². The van der Waals surface area contributed by atoms with Crippen LogP contribution in [-0.4, -0.2) is 34.0 Å². The summed E-state index contributed by atoms with van der Waals surface area (Å²) in [5, 5.41) is 3.10. The van der Waals surface area contributed by atoms with Gasteiger partial charge in [0, 0.05) is 24.0 Å². The first-order valence-corrected chi connectivity index (χ1v) is 14.2. The van der Waals surface area contributed by atoms with Gasteiger partial charge in [0.2, 0.25) is 0 Å². The smallest absolute Gasteiger partial charge is 0.277 e. The summed E-state index contributed by atoms with van der Waals surface area (Å²) < 4.78 is 49.7. The zero-order valence-corrected chi connectivity index (χ0v) is 22.4. The molecule has 1 saturated carbocycles. The first-order chi connectivity index (χ1) is 18.2. The van der Waals surface area contributed by atoms with Crippen molar-refractivity contribution in [3.63, 3.8) is 0 Å². The highest BCUT2D eigenvalue weighted by atomic mass is 32.2. The van der Waals surface area contributed by atoms with Crippen LogP contribution in [0.2, 0.25) is 0 Å². The lowest BCUT2D eigenvalue weighted by Crippen LogP contribution is -2.49. The van der Waals surface area contributed by atoms with E-state index in [2.05, 4.69) is 26.9 Å². The minimum atomic E-state index is -3.79. The van der Waals surface area contributed by atoms with Crippen molar-refractivity contribution in [2.45, 2.75) is 50.1 Å². The van der Waals surface area contributed by atoms with Crippen LogP contribution >= 0.6 is 0 Å². The second-order valence-corrected chi connectivity index (χ2v) is 11.3. The largest absolute Gasteiger partial charge is 0.496 e. The van der Waals surface area contributed by atoms with Crippen LogP contribution in [-0.2, 0) is 15.6 Å². The lowest BCUT2D eigenvalue weighted by molar-refractivity contribution is 0.0932. The van der Waals surface area contributed by atoms with Gasteiger partial charge in [-0.05, 0) is 68.0 Å². The monoisotopic (exact) mass is 539 g/mol. The van der Waals surface area contributed by atoms with E-state index in [0.29, 0.717) is 49.1 Å². The number of para-hydroxylation sites is 1. The van der Waals surface area contributed by atoms with Crippen LogP contribution in [0.4, 0.5) is 4.39 Å². The highest BCUT2D eigenvalue weighted by Crippen LogP contribution is 2.39. The average molecular weight is 540 g/mol. The molecule has 3 aromatic rings. The average Bonchev–Trinajstić information content (AvgIpc) is 2.93. The fraction of sp³-hybridized carbons (Fsp3) is 0.345.